The molecule has 0 aliphatic carbocycles. The summed E-state index contributed by atoms with van der Waals surface area (Å²) in [5.41, 5.74) is 6.42. The third-order valence-electron chi connectivity index (χ3n) is 2.50. The summed E-state index contributed by atoms with van der Waals surface area (Å²) in [5, 5.41) is 2.84. The minimum Gasteiger partial charge on any atom is -0.439 e. The highest BCUT2D eigenvalue weighted by Crippen LogP contribution is 2.23. The van der Waals surface area contributed by atoms with Crippen LogP contribution in [0.3, 0.4) is 0 Å². The van der Waals surface area contributed by atoms with Crippen LogP contribution in [-0.2, 0) is 0 Å². The molecule has 1 amide bonds. The van der Waals surface area contributed by atoms with Gasteiger partial charge in [0, 0.05) is 24.4 Å². The van der Waals surface area contributed by atoms with Crippen LogP contribution in [0.2, 0.25) is 0 Å². The van der Waals surface area contributed by atoms with Crippen LogP contribution in [0.4, 0.5) is 5.95 Å². The van der Waals surface area contributed by atoms with Gasteiger partial charge >= 0.3 is 0 Å². The molecule has 1 heterocycles. The van der Waals surface area contributed by atoms with Gasteiger partial charge in [-0.2, -0.15) is 4.98 Å². The van der Waals surface area contributed by atoms with Crippen LogP contribution in [0.15, 0.2) is 30.5 Å². The van der Waals surface area contributed by atoms with Gasteiger partial charge in [0.05, 0.1) is 0 Å². The van der Waals surface area contributed by atoms with Crippen molar-refractivity contribution in [2.75, 3.05) is 12.4 Å². The van der Waals surface area contributed by atoms with E-state index in [-0.39, 0.29) is 0 Å². The van der Waals surface area contributed by atoms with E-state index in [1.165, 1.54) is 0 Å². The summed E-state index contributed by atoms with van der Waals surface area (Å²) >= 11 is 0. The highest BCUT2D eigenvalue weighted by atomic mass is 16.5. The molecule has 1 aromatic heterocycles. The van der Waals surface area contributed by atoms with Crippen LogP contribution in [0.25, 0.3) is 0 Å². The maximum absolute atomic E-state index is 11.0. The minimum absolute atomic E-state index is 0.433. The molecule has 0 aliphatic rings. The Labute approximate surface area is 110 Å². The number of anilines is 1. The molecule has 98 valence electrons. The lowest BCUT2D eigenvalue weighted by molar-refractivity contribution is 0.100. The van der Waals surface area contributed by atoms with Gasteiger partial charge in [-0.3, -0.25) is 4.79 Å². The van der Waals surface area contributed by atoms with Crippen LogP contribution >= 0.6 is 0 Å². The molecule has 3 N–H and O–H groups in total. The third-order valence-corrected chi connectivity index (χ3v) is 2.50. The third kappa shape index (κ3) is 2.98. The van der Waals surface area contributed by atoms with Crippen molar-refractivity contribution in [1.29, 1.82) is 0 Å². The predicted molar refractivity (Wildman–Crippen MR) is 71.3 cm³/mol. The molecule has 0 spiro atoms. The predicted octanol–water partition coefficient (Wildman–Crippen LogP) is 1.72. The molecule has 19 heavy (non-hydrogen) atoms. The zero-order valence-corrected chi connectivity index (χ0v) is 10.7. The Hall–Kier alpha value is -2.63. The van der Waals surface area contributed by atoms with Gasteiger partial charge in [-0.05, 0) is 31.2 Å². The van der Waals surface area contributed by atoms with E-state index in [0.717, 1.165) is 5.56 Å². The number of carbonyl (C=O) groups is 1. The van der Waals surface area contributed by atoms with E-state index >= 15 is 0 Å². The van der Waals surface area contributed by atoms with Gasteiger partial charge in [-0.15, -0.1) is 0 Å². The van der Waals surface area contributed by atoms with Crippen molar-refractivity contribution in [3.63, 3.8) is 0 Å². The van der Waals surface area contributed by atoms with Crippen molar-refractivity contribution in [3.8, 4) is 11.6 Å². The number of amides is 1. The lowest BCUT2D eigenvalue weighted by Gasteiger charge is -2.08. The van der Waals surface area contributed by atoms with Crippen molar-refractivity contribution >= 4 is 11.9 Å². The molecule has 6 nitrogen and oxygen atoms in total. The quantitative estimate of drug-likeness (QED) is 0.871. The zero-order chi connectivity index (χ0) is 13.8. The number of nitrogens with one attached hydrogen (secondary N) is 1. The smallest absolute Gasteiger partial charge is 0.248 e. The van der Waals surface area contributed by atoms with Crippen molar-refractivity contribution in [2.24, 2.45) is 5.73 Å². The molecule has 0 fully saturated rings. The first-order valence-corrected chi connectivity index (χ1v) is 5.69. The Bertz CT molecular complexity index is 596. The molecule has 1 aromatic carbocycles. The fraction of sp³-hybridized carbons (Fsp3) is 0.154. The summed E-state index contributed by atoms with van der Waals surface area (Å²) < 4.78 is 5.64. The van der Waals surface area contributed by atoms with Gasteiger partial charge < -0.3 is 15.8 Å². The van der Waals surface area contributed by atoms with E-state index in [2.05, 4.69) is 15.3 Å². The number of aryl methyl sites for hydroxylation is 1. The SMILES string of the molecule is CNc1ncc(C)c(Oc2ccc(C(N)=O)cc2)n1. The Balaban J connectivity index is 2.23. The van der Waals surface area contributed by atoms with E-state index in [4.69, 9.17) is 10.5 Å². The van der Waals surface area contributed by atoms with Crippen molar-refractivity contribution in [3.05, 3.63) is 41.6 Å². The molecule has 0 bridgehead atoms. The van der Waals surface area contributed by atoms with E-state index < -0.39 is 5.91 Å². The first-order chi connectivity index (χ1) is 9.10. The summed E-state index contributed by atoms with van der Waals surface area (Å²) in [6.07, 6.45) is 1.67. The molecule has 0 unspecified atom stereocenters. The minimum atomic E-state index is -0.470. The largest absolute Gasteiger partial charge is 0.439 e. The van der Waals surface area contributed by atoms with E-state index in [1.54, 1.807) is 37.5 Å². The standard InChI is InChI=1S/C13H14N4O2/c1-8-7-16-13(15-2)17-12(8)19-10-5-3-9(4-6-10)11(14)18/h3-7H,1-2H3,(H2,14,18)(H,15,16,17). The molecule has 0 radical (unpaired) electrons. The van der Waals surface area contributed by atoms with Crippen LogP contribution in [-0.4, -0.2) is 22.9 Å². The first kappa shape index (κ1) is 12.8. The lowest BCUT2D eigenvalue weighted by atomic mass is 10.2. The fourth-order valence-electron chi connectivity index (χ4n) is 1.45. The van der Waals surface area contributed by atoms with Crippen LogP contribution in [0, 0.1) is 6.92 Å². The maximum atomic E-state index is 11.0. The van der Waals surface area contributed by atoms with Gasteiger partial charge in [0.2, 0.25) is 17.7 Å². The normalized spacial score (nSPS) is 10.0. The number of hydrogen-bond acceptors (Lipinski definition) is 5. The summed E-state index contributed by atoms with van der Waals surface area (Å²) in [6.45, 7) is 1.85. The second-order valence-electron chi connectivity index (χ2n) is 3.92. The zero-order valence-electron chi connectivity index (χ0n) is 10.7. The van der Waals surface area contributed by atoms with Crippen molar-refractivity contribution in [2.45, 2.75) is 6.92 Å². The number of benzene rings is 1. The highest BCUT2D eigenvalue weighted by molar-refractivity contribution is 5.92. The van der Waals surface area contributed by atoms with Crippen molar-refractivity contribution in [1.82, 2.24) is 9.97 Å². The summed E-state index contributed by atoms with van der Waals surface area (Å²) in [5.74, 6) is 1.05. The average molecular weight is 258 g/mol. The van der Waals surface area contributed by atoms with E-state index in [9.17, 15) is 4.79 Å². The molecule has 6 heteroatoms. The Morgan fingerprint density at radius 1 is 1.32 bits per heavy atom. The van der Waals surface area contributed by atoms with Gasteiger partial charge in [0.15, 0.2) is 0 Å². The fourth-order valence-corrected chi connectivity index (χ4v) is 1.45. The molecule has 0 aliphatic heterocycles. The number of nitrogens with zero attached hydrogens (tertiary/aromatic N) is 2. The number of carbonyl (C=O) groups excluding carboxylic acids is 1. The summed E-state index contributed by atoms with van der Waals surface area (Å²) in [4.78, 5) is 19.2. The number of ether oxygens (including phenoxy) is 1. The first-order valence-electron chi connectivity index (χ1n) is 5.69. The summed E-state index contributed by atoms with van der Waals surface area (Å²) in [7, 11) is 1.73. The Morgan fingerprint density at radius 2 is 2.00 bits per heavy atom. The molecule has 0 atom stereocenters. The molecule has 2 aromatic rings. The van der Waals surface area contributed by atoms with Crippen molar-refractivity contribution < 1.29 is 9.53 Å². The molecular weight excluding hydrogens is 244 g/mol. The van der Waals surface area contributed by atoms with E-state index in [1.807, 2.05) is 6.92 Å². The van der Waals surface area contributed by atoms with Crippen LogP contribution < -0.4 is 15.8 Å². The molecular formula is C13H14N4O2. The molecule has 0 saturated heterocycles. The highest BCUT2D eigenvalue weighted by Gasteiger charge is 2.06. The topological polar surface area (TPSA) is 90.1 Å². The summed E-state index contributed by atoms with van der Waals surface area (Å²) in [6, 6.07) is 6.54. The van der Waals surface area contributed by atoms with Gasteiger partial charge in [-0.1, -0.05) is 0 Å². The number of primary amides is 1. The molecule has 0 saturated carbocycles. The van der Waals surface area contributed by atoms with Crippen LogP contribution in [0.5, 0.6) is 11.6 Å². The van der Waals surface area contributed by atoms with Gasteiger partial charge in [0.25, 0.3) is 0 Å². The Kier molecular flexibility index (Phi) is 3.61. The number of nitrogens with two attached hydrogens (primary N) is 1. The number of rotatable bonds is 4. The Morgan fingerprint density at radius 3 is 2.58 bits per heavy atom. The monoisotopic (exact) mass is 258 g/mol. The number of aromatic nitrogens is 2. The van der Waals surface area contributed by atoms with Crippen LogP contribution in [0.1, 0.15) is 15.9 Å². The van der Waals surface area contributed by atoms with E-state index in [0.29, 0.717) is 23.1 Å². The lowest BCUT2D eigenvalue weighted by Crippen LogP contribution is -2.10. The average Bonchev–Trinajstić information content (AvgIpc) is 2.42. The van der Waals surface area contributed by atoms with Gasteiger partial charge in [-0.25, -0.2) is 4.98 Å². The van der Waals surface area contributed by atoms with Gasteiger partial charge in [0.1, 0.15) is 5.75 Å². The molecule has 2 rings (SSSR count). The second-order valence-corrected chi connectivity index (χ2v) is 3.92. The maximum Gasteiger partial charge on any atom is 0.248 e. The number of hydrogen-bond donors (Lipinski definition) is 2. The second kappa shape index (κ2) is 5.34.